The van der Waals surface area contributed by atoms with E-state index in [0.29, 0.717) is 17.7 Å². The Labute approximate surface area is 140 Å². The molecule has 0 unspecified atom stereocenters. The zero-order valence-corrected chi connectivity index (χ0v) is 13.8. The quantitative estimate of drug-likeness (QED) is 0.825. The summed E-state index contributed by atoms with van der Waals surface area (Å²) in [6.07, 6.45) is 0.758. The number of piperidine rings is 1. The Bertz CT molecular complexity index is 631. The Morgan fingerprint density at radius 3 is 2.62 bits per heavy atom. The number of carboxylic acids is 1. The van der Waals surface area contributed by atoms with E-state index in [0.717, 1.165) is 0 Å². The minimum atomic E-state index is -1.04. The third kappa shape index (κ3) is 3.84. The number of ether oxygens (including phenoxy) is 1. The zero-order chi connectivity index (χ0) is 17.7. The average molecular weight is 334 g/mol. The lowest BCUT2D eigenvalue weighted by Crippen LogP contribution is -2.53. The molecule has 1 heterocycles. The van der Waals surface area contributed by atoms with E-state index in [1.54, 1.807) is 24.3 Å². The summed E-state index contributed by atoms with van der Waals surface area (Å²) in [5.41, 5.74) is 0.691. The molecule has 0 saturated carbocycles. The minimum absolute atomic E-state index is 0.0360. The number of para-hydroxylation sites is 1. The average Bonchev–Trinajstić information content (AvgIpc) is 2.60. The number of aliphatic carboxylic acids is 1. The molecule has 1 saturated heterocycles. The molecule has 7 heteroatoms. The molecule has 1 fully saturated rings. The third-order valence-electron chi connectivity index (χ3n) is 4.34. The Hall–Kier alpha value is -2.57. The fraction of sp³-hybridized carbons (Fsp3) is 0.471. The van der Waals surface area contributed by atoms with Gasteiger partial charge in [0, 0.05) is 19.2 Å². The van der Waals surface area contributed by atoms with Crippen molar-refractivity contribution in [1.29, 1.82) is 0 Å². The summed E-state index contributed by atoms with van der Waals surface area (Å²) < 4.78 is 5.23. The zero-order valence-electron chi connectivity index (χ0n) is 13.8. The van der Waals surface area contributed by atoms with Crippen LogP contribution < -0.4 is 10.1 Å². The SMILES string of the molecule is CNC(=O)[C@H]1CC[C@@H](C(=O)O)N(C(=O)Cc2ccccc2OC)C1. The highest BCUT2D eigenvalue weighted by molar-refractivity contribution is 5.87. The van der Waals surface area contributed by atoms with E-state index in [-0.39, 0.29) is 37.1 Å². The number of nitrogens with one attached hydrogen (secondary N) is 1. The van der Waals surface area contributed by atoms with Crippen LogP contribution in [0.5, 0.6) is 5.75 Å². The van der Waals surface area contributed by atoms with Crippen LogP contribution in [0.4, 0.5) is 0 Å². The Kier molecular flexibility index (Phi) is 5.78. The first kappa shape index (κ1) is 17.8. The van der Waals surface area contributed by atoms with E-state index in [4.69, 9.17) is 4.74 Å². The van der Waals surface area contributed by atoms with Crippen molar-refractivity contribution in [3.8, 4) is 5.75 Å². The second-order valence-electron chi connectivity index (χ2n) is 5.78. The van der Waals surface area contributed by atoms with Crippen LogP contribution in [0.15, 0.2) is 24.3 Å². The van der Waals surface area contributed by atoms with Crippen molar-refractivity contribution in [1.82, 2.24) is 10.2 Å². The molecule has 1 aliphatic heterocycles. The second-order valence-corrected chi connectivity index (χ2v) is 5.78. The van der Waals surface area contributed by atoms with Gasteiger partial charge in [-0.05, 0) is 18.9 Å². The lowest BCUT2D eigenvalue weighted by atomic mass is 9.91. The topological polar surface area (TPSA) is 95.9 Å². The number of nitrogens with zero attached hydrogens (tertiary/aromatic N) is 1. The standard InChI is InChI=1S/C17H22N2O5/c1-18-16(21)12-7-8-13(17(22)23)19(10-12)15(20)9-11-5-3-4-6-14(11)24-2/h3-6,12-13H,7-10H2,1-2H3,(H,18,21)(H,22,23)/t12-,13-/m0/s1. The number of rotatable bonds is 5. The molecule has 0 aliphatic carbocycles. The number of hydrogen-bond acceptors (Lipinski definition) is 4. The van der Waals surface area contributed by atoms with Crippen LogP contribution in [-0.2, 0) is 20.8 Å². The van der Waals surface area contributed by atoms with Gasteiger partial charge in [0.25, 0.3) is 0 Å². The van der Waals surface area contributed by atoms with Crippen LogP contribution in [-0.4, -0.2) is 54.5 Å². The number of hydrogen-bond donors (Lipinski definition) is 2. The number of benzene rings is 1. The Balaban J connectivity index is 2.18. The summed E-state index contributed by atoms with van der Waals surface area (Å²) in [4.78, 5) is 37.3. The Morgan fingerprint density at radius 1 is 1.29 bits per heavy atom. The van der Waals surface area contributed by atoms with Crippen molar-refractivity contribution in [3.05, 3.63) is 29.8 Å². The second kappa shape index (κ2) is 7.81. The highest BCUT2D eigenvalue weighted by atomic mass is 16.5. The van der Waals surface area contributed by atoms with Crippen LogP contribution in [0.25, 0.3) is 0 Å². The van der Waals surface area contributed by atoms with E-state index in [9.17, 15) is 19.5 Å². The molecule has 2 amide bonds. The van der Waals surface area contributed by atoms with Crippen molar-refractivity contribution in [2.45, 2.75) is 25.3 Å². The molecule has 2 atom stereocenters. The molecule has 24 heavy (non-hydrogen) atoms. The number of carbonyl (C=O) groups is 3. The van der Waals surface area contributed by atoms with Gasteiger partial charge in [-0.25, -0.2) is 4.79 Å². The fourth-order valence-electron chi connectivity index (χ4n) is 3.03. The number of carboxylic acid groups (broad SMARTS) is 1. The van der Waals surface area contributed by atoms with Gasteiger partial charge in [-0.3, -0.25) is 9.59 Å². The monoisotopic (exact) mass is 334 g/mol. The normalized spacial score (nSPS) is 20.3. The highest BCUT2D eigenvalue weighted by Crippen LogP contribution is 2.25. The van der Waals surface area contributed by atoms with Gasteiger partial charge in [-0.2, -0.15) is 0 Å². The molecule has 0 bridgehead atoms. The molecule has 1 aromatic rings. The molecule has 2 rings (SSSR count). The number of likely N-dealkylation sites (tertiary alicyclic amines) is 1. The summed E-state index contributed by atoms with van der Waals surface area (Å²) in [5.74, 6) is -1.34. The summed E-state index contributed by atoms with van der Waals surface area (Å²) in [5, 5.41) is 11.9. The van der Waals surface area contributed by atoms with Crippen LogP contribution >= 0.6 is 0 Å². The third-order valence-corrected chi connectivity index (χ3v) is 4.34. The molecule has 7 nitrogen and oxygen atoms in total. The fourth-order valence-corrected chi connectivity index (χ4v) is 3.03. The van der Waals surface area contributed by atoms with E-state index in [1.165, 1.54) is 19.1 Å². The predicted octanol–water partition coefficient (Wildman–Crippen LogP) is 0.676. The van der Waals surface area contributed by atoms with Crippen molar-refractivity contribution < 1.29 is 24.2 Å². The first-order valence-electron chi connectivity index (χ1n) is 7.83. The van der Waals surface area contributed by atoms with Gasteiger partial charge in [-0.15, -0.1) is 0 Å². The van der Waals surface area contributed by atoms with Crippen LogP contribution in [0.2, 0.25) is 0 Å². The van der Waals surface area contributed by atoms with E-state index in [2.05, 4.69) is 5.32 Å². The first-order chi connectivity index (χ1) is 11.5. The maximum atomic E-state index is 12.7. The van der Waals surface area contributed by atoms with Gasteiger partial charge in [0.1, 0.15) is 11.8 Å². The van der Waals surface area contributed by atoms with Crippen LogP contribution in [0.1, 0.15) is 18.4 Å². The van der Waals surface area contributed by atoms with Gasteiger partial charge < -0.3 is 20.1 Å². The summed E-state index contributed by atoms with van der Waals surface area (Å²) in [6, 6.07) is 6.22. The summed E-state index contributed by atoms with van der Waals surface area (Å²) >= 11 is 0. The molecule has 2 N–H and O–H groups in total. The highest BCUT2D eigenvalue weighted by Gasteiger charge is 2.38. The largest absolute Gasteiger partial charge is 0.496 e. The molecule has 0 aromatic heterocycles. The van der Waals surface area contributed by atoms with E-state index >= 15 is 0 Å². The Morgan fingerprint density at radius 2 is 2.00 bits per heavy atom. The summed E-state index contributed by atoms with van der Waals surface area (Å²) in [6.45, 7) is 0.116. The predicted molar refractivity (Wildman–Crippen MR) is 86.6 cm³/mol. The number of carbonyl (C=O) groups excluding carboxylic acids is 2. The number of amides is 2. The van der Waals surface area contributed by atoms with Gasteiger partial charge in [0.05, 0.1) is 19.4 Å². The lowest BCUT2D eigenvalue weighted by molar-refractivity contribution is -0.154. The van der Waals surface area contributed by atoms with Crippen molar-refractivity contribution >= 4 is 17.8 Å². The molecular weight excluding hydrogens is 312 g/mol. The molecule has 0 radical (unpaired) electrons. The maximum Gasteiger partial charge on any atom is 0.326 e. The van der Waals surface area contributed by atoms with Crippen molar-refractivity contribution in [3.63, 3.8) is 0 Å². The molecule has 130 valence electrons. The summed E-state index contributed by atoms with van der Waals surface area (Å²) in [7, 11) is 3.05. The first-order valence-corrected chi connectivity index (χ1v) is 7.83. The molecule has 0 spiro atoms. The number of methoxy groups -OCH3 is 1. The minimum Gasteiger partial charge on any atom is -0.496 e. The van der Waals surface area contributed by atoms with Crippen molar-refractivity contribution in [2.24, 2.45) is 5.92 Å². The van der Waals surface area contributed by atoms with Crippen LogP contribution in [0, 0.1) is 5.92 Å². The van der Waals surface area contributed by atoms with E-state index in [1.807, 2.05) is 0 Å². The molecular formula is C17H22N2O5. The lowest BCUT2D eigenvalue weighted by Gasteiger charge is -2.37. The smallest absolute Gasteiger partial charge is 0.326 e. The van der Waals surface area contributed by atoms with Gasteiger partial charge in [0.15, 0.2) is 0 Å². The van der Waals surface area contributed by atoms with Gasteiger partial charge in [0.2, 0.25) is 11.8 Å². The van der Waals surface area contributed by atoms with Crippen LogP contribution in [0.3, 0.4) is 0 Å². The van der Waals surface area contributed by atoms with Gasteiger partial charge >= 0.3 is 5.97 Å². The van der Waals surface area contributed by atoms with Crippen molar-refractivity contribution in [2.75, 3.05) is 20.7 Å². The maximum absolute atomic E-state index is 12.7. The molecule has 1 aliphatic rings. The van der Waals surface area contributed by atoms with Gasteiger partial charge in [-0.1, -0.05) is 18.2 Å². The molecule has 1 aromatic carbocycles. The van der Waals surface area contributed by atoms with E-state index < -0.39 is 12.0 Å².